The second kappa shape index (κ2) is 17.8. The summed E-state index contributed by atoms with van der Waals surface area (Å²) in [5.41, 5.74) is 22.0. The molecule has 0 saturated heterocycles. The van der Waals surface area contributed by atoms with Crippen LogP contribution in [0.2, 0.25) is 0 Å². The molecule has 0 aliphatic heterocycles. The molecule has 0 atom stereocenters. The van der Waals surface area contributed by atoms with E-state index in [1.807, 2.05) is 0 Å². The van der Waals surface area contributed by atoms with Gasteiger partial charge in [-0.05, 0) is 195 Å². The Morgan fingerprint density at radius 1 is 0.202 bits per heavy atom. The Balaban J connectivity index is 0.690. The first-order valence-electron chi connectivity index (χ1n) is 29.3. The molecule has 2 nitrogen and oxygen atoms in total. The number of benzene rings is 16. The zero-order chi connectivity index (χ0) is 55.3. The highest BCUT2D eigenvalue weighted by Crippen LogP contribution is 2.46. The van der Waals surface area contributed by atoms with Crippen LogP contribution in [0.1, 0.15) is 11.1 Å². The molecule has 84 heavy (non-hydrogen) atoms. The Morgan fingerprint density at radius 3 is 0.810 bits per heavy atom. The van der Waals surface area contributed by atoms with Crippen LogP contribution in [0.15, 0.2) is 279 Å². The van der Waals surface area contributed by atoms with Gasteiger partial charge < -0.3 is 9.13 Å². The molecule has 2 aromatic heterocycles. The van der Waals surface area contributed by atoms with Crippen molar-refractivity contribution in [3.8, 4) is 67.0 Å². The molecule has 0 spiro atoms. The summed E-state index contributed by atoms with van der Waals surface area (Å²) in [6, 6.07) is 105. The molecule has 0 saturated carbocycles. The summed E-state index contributed by atoms with van der Waals surface area (Å²) < 4.78 is 4.87. The standard InChI is InChI=1S/C82H52N2/c1-49-11-15-51(16-12-49)63-37-23-55-29-43-71-65(39-25-57-27-41-69(63)79(55)81(57)71)53-19-33-61(34-20-53)83-75-9-5-3-7-67(75)73-47-59(31-45-77(73)83)60-32-46-78-74(48-60)68-8-4-6-10-76(68)84(78)62-35-21-54(22-36-62)66-40-26-58-28-42-70-64(52-17-13-50(2)14-18-52)38-24-56-30-44-72(66)82(58)80(56)70/h3-48H,1-2H3. The summed E-state index contributed by atoms with van der Waals surface area (Å²) >= 11 is 0. The van der Waals surface area contributed by atoms with Crippen molar-refractivity contribution in [2.45, 2.75) is 13.8 Å². The van der Waals surface area contributed by atoms with Crippen LogP contribution < -0.4 is 0 Å². The summed E-state index contributed by atoms with van der Waals surface area (Å²) in [6.45, 7) is 4.30. The van der Waals surface area contributed by atoms with E-state index in [0.717, 1.165) is 11.4 Å². The van der Waals surface area contributed by atoms with Crippen LogP contribution in [-0.2, 0) is 0 Å². The van der Waals surface area contributed by atoms with Crippen LogP contribution in [0.3, 0.4) is 0 Å². The van der Waals surface area contributed by atoms with Gasteiger partial charge >= 0.3 is 0 Å². The minimum absolute atomic E-state index is 1.14. The summed E-state index contributed by atoms with van der Waals surface area (Å²) in [5.74, 6) is 0. The van der Waals surface area contributed by atoms with Gasteiger partial charge in [0.15, 0.2) is 0 Å². The Bertz CT molecular complexity index is 5340. The highest BCUT2D eigenvalue weighted by atomic mass is 15.0. The third kappa shape index (κ3) is 6.92. The first-order chi connectivity index (χ1) is 41.5. The van der Waals surface area contributed by atoms with E-state index in [1.165, 1.54) is 175 Å². The molecule has 0 fully saturated rings. The summed E-state index contributed by atoms with van der Waals surface area (Å²) in [6.07, 6.45) is 0. The van der Waals surface area contributed by atoms with Gasteiger partial charge in [0.1, 0.15) is 0 Å². The Kier molecular flexibility index (Phi) is 9.97. The van der Waals surface area contributed by atoms with Gasteiger partial charge in [-0.15, -0.1) is 0 Å². The van der Waals surface area contributed by atoms with Crippen LogP contribution in [0.5, 0.6) is 0 Å². The molecule has 0 N–H and O–H groups in total. The maximum atomic E-state index is 2.43. The van der Waals surface area contributed by atoms with Crippen molar-refractivity contribution < 1.29 is 0 Å². The fraction of sp³-hybridized carbons (Fsp3) is 0.0244. The molecule has 0 bridgehead atoms. The van der Waals surface area contributed by atoms with E-state index >= 15 is 0 Å². The number of fused-ring (bicyclic) bond motifs is 6. The largest absolute Gasteiger partial charge is 0.309 e. The highest BCUT2D eigenvalue weighted by molar-refractivity contribution is 6.29. The fourth-order valence-electron chi connectivity index (χ4n) is 14.5. The van der Waals surface area contributed by atoms with Crippen molar-refractivity contribution in [1.82, 2.24) is 9.13 Å². The van der Waals surface area contributed by atoms with Gasteiger partial charge in [0, 0.05) is 32.9 Å². The molecule has 0 radical (unpaired) electrons. The van der Waals surface area contributed by atoms with Crippen LogP contribution in [0, 0.1) is 13.8 Å². The molecule has 390 valence electrons. The number of aromatic nitrogens is 2. The molecular weight excluding hydrogens is 1010 g/mol. The van der Waals surface area contributed by atoms with Gasteiger partial charge in [0.2, 0.25) is 0 Å². The summed E-state index contributed by atoms with van der Waals surface area (Å²) in [4.78, 5) is 0. The van der Waals surface area contributed by atoms with Crippen molar-refractivity contribution in [3.63, 3.8) is 0 Å². The van der Waals surface area contributed by atoms with Crippen LogP contribution in [-0.4, -0.2) is 9.13 Å². The zero-order valence-corrected chi connectivity index (χ0v) is 46.5. The maximum Gasteiger partial charge on any atom is 0.0541 e. The van der Waals surface area contributed by atoms with Crippen LogP contribution in [0.4, 0.5) is 0 Å². The average molecular weight is 1070 g/mol. The molecule has 0 unspecified atom stereocenters. The zero-order valence-electron chi connectivity index (χ0n) is 46.5. The van der Waals surface area contributed by atoms with Crippen molar-refractivity contribution in [2.24, 2.45) is 0 Å². The SMILES string of the molecule is Cc1ccc(-c2ccc3ccc4c(-c5ccc(-n6c7ccccc7c7cc(-c8ccc9c(c8)c8ccccc8n9-c8ccc(-c9ccc%10ccc%11c(-c%12ccc(C)cc%12)ccc%12ccc9c%10c%12%11)cc8)ccc76)cc5)ccc5ccc2c3c54)cc1. The number of rotatable bonds is 7. The Labute approximate surface area is 485 Å². The van der Waals surface area contributed by atoms with E-state index in [-0.39, 0.29) is 0 Å². The second-order valence-electron chi connectivity index (χ2n) is 23.3. The lowest BCUT2D eigenvalue weighted by molar-refractivity contribution is 1.18. The number of nitrogens with zero attached hydrogens (tertiary/aromatic N) is 2. The van der Waals surface area contributed by atoms with Gasteiger partial charge in [-0.2, -0.15) is 0 Å². The lowest BCUT2D eigenvalue weighted by Gasteiger charge is -2.17. The van der Waals surface area contributed by atoms with Gasteiger partial charge in [0.05, 0.1) is 22.1 Å². The highest BCUT2D eigenvalue weighted by Gasteiger charge is 2.20. The van der Waals surface area contributed by atoms with Crippen molar-refractivity contribution in [1.29, 1.82) is 0 Å². The van der Waals surface area contributed by atoms with Crippen molar-refractivity contribution in [3.05, 3.63) is 290 Å². The maximum absolute atomic E-state index is 2.43. The fourth-order valence-corrected chi connectivity index (χ4v) is 14.5. The van der Waals surface area contributed by atoms with Gasteiger partial charge in [-0.1, -0.05) is 230 Å². The van der Waals surface area contributed by atoms with E-state index < -0.39 is 0 Å². The predicted molar refractivity (Wildman–Crippen MR) is 359 cm³/mol. The summed E-state index contributed by atoms with van der Waals surface area (Å²) in [7, 11) is 0. The molecule has 0 amide bonds. The topological polar surface area (TPSA) is 9.86 Å². The van der Waals surface area contributed by atoms with Crippen molar-refractivity contribution in [2.75, 3.05) is 0 Å². The first kappa shape index (κ1) is 46.9. The quantitative estimate of drug-likeness (QED) is 0.141. The van der Waals surface area contributed by atoms with Crippen LogP contribution >= 0.6 is 0 Å². The van der Waals surface area contributed by atoms with Gasteiger partial charge in [-0.25, -0.2) is 0 Å². The number of aryl methyl sites for hydroxylation is 2. The van der Waals surface area contributed by atoms with E-state index in [2.05, 4.69) is 302 Å². The summed E-state index contributed by atoms with van der Waals surface area (Å²) in [5, 5.41) is 20.6. The minimum atomic E-state index is 1.14. The molecule has 0 aliphatic rings. The number of para-hydroxylation sites is 2. The first-order valence-corrected chi connectivity index (χ1v) is 29.3. The lowest BCUT2D eigenvalue weighted by Crippen LogP contribution is -1.94. The van der Waals surface area contributed by atoms with Gasteiger partial charge in [0.25, 0.3) is 0 Å². The van der Waals surface area contributed by atoms with Gasteiger partial charge in [-0.3, -0.25) is 0 Å². The number of hydrogen-bond donors (Lipinski definition) is 0. The number of hydrogen-bond acceptors (Lipinski definition) is 0. The third-order valence-corrected chi connectivity index (χ3v) is 18.6. The van der Waals surface area contributed by atoms with Crippen LogP contribution in [0.25, 0.3) is 175 Å². The Hall–Kier alpha value is -10.8. The second-order valence-corrected chi connectivity index (χ2v) is 23.3. The molecule has 18 rings (SSSR count). The lowest BCUT2D eigenvalue weighted by atomic mass is 9.87. The monoisotopic (exact) mass is 1060 g/mol. The van der Waals surface area contributed by atoms with Crippen molar-refractivity contribution >= 4 is 108 Å². The Morgan fingerprint density at radius 2 is 0.476 bits per heavy atom. The van der Waals surface area contributed by atoms with E-state index in [1.54, 1.807) is 0 Å². The predicted octanol–water partition coefficient (Wildman–Crippen LogP) is 22.6. The van der Waals surface area contributed by atoms with E-state index in [4.69, 9.17) is 0 Å². The van der Waals surface area contributed by atoms with E-state index in [9.17, 15) is 0 Å². The molecule has 2 heterocycles. The third-order valence-electron chi connectivity index (χ3n) is 18.6. The molecule has 2 heteroatoms. The molecule has 16 aromatic carbocycles. The smallest absolute Gasteiger partial charge is 0.0541 e. The minimum Gasteiger partial charge on any atom is -0.309 e. The molecule has 0 aliphatic carbocycles. The molecular formula is C82H52N2. The van der Waals surface area contributed by atoms with E-state index in [0.29, 0.717) is 0 Å². The molecule has 18 aromatic rings. The average Bonchev–Trinajstić information content (AvgIpc) is 3.51. The normalized spacial score (nSPS) is 12.2.